The van der Waals surface area contributed by atoms with Crippen LogP contribution in [0.15, 0.2) is 5.38 Å². The van der Waals surface area contributed by atoms with Crippen LogP contribution in [-0.4, -0.2) is 84.3 Å². The maximum Gasteiger partial charge on any atom is 0.0897 e. The van der Waals surface area contributed by atoms with Crippen LogP contribution in [-0.2, 0) is 6.54 Å². The van der Waals surface area contributed by atoms with Gasteiger partial charge in [0.25, 0.3) is 0 Å². The molecule has 20 heavy (non-hydrogen) atoms. The van der Waals surface area contributed by atoms with E-state index < -0.39 is 0 Å². The minimum Gasteiger partial charge on any atom is -0.390 e. The average molecular weight is 298 g/mol. The molecule has 1 aromatic rings. The Kier molecular flexibility index (Phi) is 5.92. The van der Waals surface area contributed by atoms with Gasteiger partial charge in [0.2, 0.25) is 0 Å². The number of piperazine rings is 1. The van der Waals surface area contributed by atoms with Gasteiger partial charge in [-0.25, -0.2) is 4.98 Å². The number of aliphatic hydroxyl groups is 1. The van der Waals surface area contributed by atoms with E-state index in [0.717, 1.165) is 50.0 Å². The summed E-state index contributed by atoms with van der Waals surface area (Å²) in [5.74, 6) is 0. The van der Waals surface area contributed by atoms with Gasteiger partial charge in [-0.05, 0) is 21.0 Å². The summed E-state index contributed by atoms with van der Waals surface area (Å²) in [5.41, 5.74) is 1.10. The van der Waals surface area contributed by atoms with Crippen LogP contribution < -0.4 is 0 Å². The normalized spacial score (nSPS) is 19.6. The van der Waals surface area contributed by atoms with Gasteiger partial charge in [0, 0.05) is 51.2 Å². The highest BCUT2D eigenvalue weighted by Gasteiger charge is 2.18. The zero-order chi connectivity index (χ0) is 14.5. The third kappa shape index (κ3) is 5.10. The van der Waals surface area contributed by atoms with E-state index in [1.165, 1.54) is 0 Å². The molecule has 1 fully saturated rings. The van der Waals surface area contributed by atoms with Gasteiger partial charge < -0.3 is 10.0 Å². The third-order valence-electron chi connectivity index (χ3n) is 3.69. The summed E-state index contributed by atoms with van der Waals surface area (Å²) in [5, 5.41) is 13.4. The molecule has 0 bridgehead atoms. The van der Waals surface area contributed by atoms with E-state index in [9.17, 15) is 5.11 Å². The number of aliphatic hydroxyl groups excluding tert-OH is 1. The van der Waals surface area contributed by atoms with Crippen molar-refractivity contribution < 1.29 is 5.11 Å². The van der Waals surface area contributed by atoms with Crippen molar-refractivity contribution in [3.8, 4) is 0 Å². The highest BCUT2D eigenvalue weighted by atomic mass is 32.1. The first-order valence-corrected chi connectivity index (χ1v) is 8.09. The van der Waals surface area contributed by atoms with Crippen LogP contribution in [0.2, 0.25) is 0 Å². The van der Waals surface area contributed by atoms with Crippen LogP contribution in [0.4, 0.5) is 0 Å². The van der Waals surface area contributed by atoms with E-state index in [1.807, 2.05) is 14.0 Å². The van der Waals surface area contributed by atoms with Gasteiger partial charge in [0.15, 0.2) is 0 Å². The van der Waals surface area contributed by atoms with Crippen molar-refractivity contribution in [2.75, 3.05) is 53.4 Å². The predicted molar refractivity (Wildman–Crippen MR) is 83.1 cm³/mol. The Balaban J connectivity index is 1.69. The average Bonchev–Trinajstić information content (AvgIpc) is 2.77. The molecule has 2 rings (SSSR count). The molecule has 1 aliphatic rings. The SMILES string of the molecule is Cc1nc(CN(C)CC(O)CN2CCN(C)CC2)cs1. The van der Waals surface area contributed by atoms with Gasteiger partial charge in [-0.3, -0.25) is 9.80 Å². The van der Waals surface area contributed by atoms with Crippen LogP contribution in [0.1, 0.15) is 10.7 Å². The first kappa shape index (κ1) is 15.9. The lowest BCUT2D eigenvalue weighted by Gasteiger charge is -2.34. The first-order chi connectivity index (χ1) is 9.52. The number of likely N-dealkylation sites (N-methyl/N-ethyl adjacent to an activating group) is 2. The van der Waals surface area contributed by atoms with Crippen molar-refractivity contribution in [1.29, 1.82) is 0 Å². The molecule has 114 valence electrons. The van der Waals surface area contributed by atoms with Crippen LogP contribution >= 0.6 is 11.3 Å². The Morgan fingerprint density at radius 2 is 2.10 bits per heavy atom. The molecule has 1 aromatic heterocycles. The molecule has 0 radical (unpaired) electrons. The number of nitrogens with zero attached hydrogens (tertiary/aromatic N) is 4. The van der Waals surface area contributed by atoms with Crippen molar-refractivity contribution >= 4 is 11.3 Å². The molecule has 0 spiro atoms. The van der Waals surface area contributed by atoms with Gasteiger partial charge in [0.1, 0.15) is 0 Å². The zero-order valence-electron chi connectivity index (χ0n) is 12.7. The number of hydrogen-bond donors (Lipinski definition) is 1. The Morgan fingerprint density at radius 3 is 2.70 bits per heavy atom. The summed E-state index contributed by atoms with van der Waals surface area (Å²) in [6.07, 6.45) is -0.289. The monoisotopic (exact) mass is 298 g/mol. The van der Waals surface area contributed by atoms with Crippen molar-refractivity contribution in [2.45, 2.75) is 19.6 Å². The molecule has 0 aliphatic carbocycles. The second-order valence-corrected chi connectivity index (χ2v) is 6.87. The summed E-state index contributed by atoms with van der Waals surface area (Å²) >= 11 is 1.68. The summed E-state index contributed by atoms with van der Waals surface area (Å²) in [4.78, 5) is 11.3. The highest BCUT2D eigenvalue weighted by Crippen LogP contribution is 2.10. The molecular weight excluding hydrogens is 272 g/mol. The minimum atomic E-state index is -0.289. The number of aryl methyl sites for hydroxylation is 1. The van der Waals surface area contributed by atoms with E-state index >= 15 is 0 Å². The van der Waals surface area contributed by atoms with Crippen LogP contribution in [0.5, 0.6) is 0 Å². The third-order valence-corrected chi connectivity index (χ3v) is 4.51. The molecule has 0 aromatic carbocycles. The predicted octanol–water partition coefficient (Wildman–Crippen LogP) is 0.492. The summed E-state index contributed by atoms with van der Waals surface area (Å²) in [6.45, 7) is 8.62. The molecule has 1 N–H and O–H groups in total. The minimum absolute atomic E-state index is 0.289. The summed E-state index contributed by atoms with van der Waals surface area (Å²) in [7, 11) is 4.19. The Hall–Kier alpha value is -0.530. The number of rotatable bonds is 6. The maximum atomic E-state index is 10.2. The number of aromatic nitrogens is 1. The number of β-amino-alcohol motifs (C(OH)–C–C–N with tert-alkyl or cyclic N) is 1. The van der Waals surface area contributed by atoms with Gasteiger partial charge in [-0.1, -0.05) is 0 Å². The van der Waals surface area contributed by atoms with Crippen LogP contribution in [0.3, 0.4) is 0 Å². The molecule has 1 unspecified atom stereocenters. The lowest BCUT2D eigenvalue weighted by molar-refractivity contribution is 0.0592. The van der Waals surface area contributed by atoms with Gasteiger partial charge in [-0.15, -0.1) is 11.3 Å². The molecule has 2 heterocycles. The van der Waals surface area contributed by atoms with E-state index in [-0.39, 0.29) is 6.10 Å². The van der Waals surface area contributed by atoms with Gasteiger partial charge >= 0.3 is 0 Å². The quantitative estimate of drug-likeness (QED) is 0.828. The second-order valence-electron chi connectivity index (χ2n) is 5.81. The Labute approximate surface area is 125 Å². The zero-order valence-corrected chi connectivity index (χ0v) is 13.6. The number of hydrogen-bond acceptors (Lipinski definition) is 6. The van der Waals surface area contributed by atoms with Crippen LogP contribution in [0.25, 0.3) is 0 Å². The van der Waals surface area contributed by atoms with Crippen molar-refractivity contribution in [3.63, 3.8) is 0 Å². The molecule has 0 amide bonds. The second kappa shape index (κ2) is 7.47. The molecule has 1 aliphatic heterocycles. The molecule has 0 saturated carbocycles. The van der Waals surface area contributed by atoms with Gasteiger partial charge in [0.05, 0.1) is 16.8 Å². The standard InChI is InChI=1S/C14H26N4OS/c1-12-15-13(11-20-12)8-17(3)9-14(19)10-18-6-4-16(2)5-7-18/h11,14,19H,4-10H2,1-3H3. The fourth-order valence-electron chi connectivity index (χ4n) is 2.57. The number of thiazole rings is 1. The Bertz CT molecular complexity index is 404. The van der Waals surface area contributed by atoms with Crippen molar-refractivity contribution in [1.82, 2.24) is 19.7 Å². The van der Waals surface area contributed by atoms with E-state index in [0.29, 0.717) is 6.54 Å². The lowest BCUT2D eigenvalue weighted by Crippen LogP contribution is -2.48. The Morgan fingerprint density at radius 1 is 1.40 bits per heavy atom. The topological polar surface area (TPSA) is 42.8 Å². The fraction of sp³-hybridized carbons (Fsp3) is 0.786. The molecular formula is C14H26N4OS. The maximum absolute atomic E-state index is 10.2. The largest absolute Gasteiger partial charge is 0.390 e. The molecule has 1 atom stereocenters. The first-order valence-electron chi connectivity index (χ1n) is 7.21. The highest BCUT2D eigenvalue weighted by molar-refractivity contribution is 7.09. The van der Waals surface area contributed by atoms with E-state index in [1.54, 1.807) is 11.3 Å². The summed E-state index contributed by atoms with van der Waals surface area (Å²) in [6, 6.07) is 0. The fourth-order valence-corrected chi connectivity index (χ4v) is 3.17. The molecule has 1 saturated heterocycles. The van der Waals surface area contributed by atoms with Crippen molar-refractivity contribution in [2.24, 2.45) is 0 Å². The van der Waals surface area contributed by atoms with E-state index in [4.69, 9.17) is 0 Å². The summed E-state index contributed by atoms with van der Waals surface area (Å²) < 4.78 is 0. The van der Waals surface area contributed by atoms with Gasteiger partial charge in [-0.2, -0.15) is 0 Å². The molecule has 5 nitrogen and oxygen atoms in total. The van der Waals surface area contributed by atoms with Crippen molar-refractivity contribution in [3.05, 3.63) is 16.1 Å². The van der Waals surface area contributed by atoms with Crippen LogP contribution in [0, 0.1) is 6.92 Å². The lowest BCUT2D eigenvalue weighted by atomic mass is 10.2. The smallest absolute Gasteiger partial charge is 0.0897 e. The van der Waals surface area contributed by atoms with E-state index in [2.05, 4.69) is 32.1 Å². The molecule has 6 heteroatoms.